The van der Waals surface area contributed by atoms with Gasteiger partial charge in [-0.1, -0.05) is 12.1 Å². The van der Waals surface area contributed by atoms with Crippen molar-refractivity contribution < 1.29 is 35.8 Å². The lowest BCUT2D eigenvalue weighted by Crippen LogP contribution is -2.30. The predicted octanol–water partition coefficient (Wildman–Crippen LogP) is 5.12. The summed E-state index contributed by atoms with van der Waals surface area (Å²) in [7, 11) is 1.90. The molecule has 1 aromatic carbocycles. The lowest BCUT2D eigenvalue weighted by molar-refractivity contribution is -0.287. The largest absolute Gasteiger partial charge is 0.573 e. The summed E-state index contributed by atoms with van der Waals surface area (Å²) in [6.45, 7) is 0.724. The Morgan fingerprint density at radius 3 is 2.27 bits per heavy atom. The zero-order valence-electron chi connectivity index (χ0n) is 13.9. The Hall–Kier alpha value is -2.06. The molecule has 0 N–H and O–H groups in total. The maximum atomic E-state index is 12.7. The molecule has 0 radical (unpaired) electrons. The molecule has 0 spiro atoms. The molecule has 3 nitrogen and oxygen atoms in total. The molecule has 9 heteroatoms. The smallest absolute Gasteiger partial charge is 0.402 e. The third-order valence-electron chi connectivity index (χ3n) is 4.87. The monoisotopic (exact) mass is 381 g/mol. The summed E-state index contributed by atoms with van der Waals surface area (Å²) >= 11 is 0. The summed E-state index contributed by atoms with van der Waals surface area (Å²) in [4.78, 5) is 2.03. The van der Waals surface area contributed by atoms with Gasteiger partial charge in [0.05, 0.1) is 0 Å². The van der Waals surface area contributed by atoms with Gasteiger partial charge in [0.1, 0.15) is 0 Å². The Morgan fingerprint density at radius 2 is 1.62 bits per heavy atom. The van der Waals surface area contributed by atoms with Gasteiger partial charge >= 0.3 is 12.7 Å². The first kappa shape index (κ1) is 18.7. The number of likely N-dealkylation sites (tertiary alicyclic amines) is 1. The molecule has 3 rings (SSSR count). The van der Waals surface area contributed by atoms with Crippen LogP contribution in [0.1, 0.15) is 31.2 Å². The summed E-state index contributed by atoms with van der Waals surface area (Å²) in [6.07, 6.45) is -5.09. The van der Waals surface area contributed by atoms with E-state index in [4.69, 9.17) is 0 Å². The van der Waals surface area contributed by atoms with Crippen LogP contribution in [0, 0.1) is 0 Å². The molecule has 1 aromatic rings. The number of rotatable bonds is 3. The van der Waals surface area contributed by atoms with E-state index in [1.54, 1.807) is 0 Å². The Bertz CT molecular complexity index is 712. The van der Waals surface area contributed by atoms with E-state index >= 15 is 0 Å². The molecule has 0 amide bonds. The summed E-state index contributed by atoms with van der Waals surface area (Å²) in [6, 6.07) is 3.30. The Kier molecular flexibility index (Phi) is 4.52. The molecule has 1 aliphatic heterocycles. The van der Waals surface area contributed by atoms with Crippen molar-refractivity contribution in [3.8, 4) is 11.5 Å². The highest BCUT2D eigenvalue weighted by molar-refractivity contribution is 5.49. The van der Waals surface area contributed by atoms with E-state index in [1.165, 1.54) is 6.07 Å². The summed E-state index contributed by atoms with van der Waals surface area (Å²) in [5.74, 6) is -2.00. The average molecular weight is 381 g/mol. The van der Waals surface area contributed by atoms with E-state index in [0.717, 1.165) is 37.2 Å². The fourth-order valence-corrected chi connectivity index (χ4v) is 3.88. The van der Waals surface area contributed by atoms with Gasteiger partial charge < -0.3 is 14.4 Å². The number of allylic oxidation sites excluding steroid dienone is 2. The number of alkyl halides is 6. The number of hydrogen-bond donors (Lipinski definition) is 0. The molecule has 2 aliphatic rings. The van der Waals surface area contributed by atoms with Gasteiger partial charge in [0, 0.05) is 24.7 Å². The van der Waals surface area contributed by atoms with Crippen LogP contribution in [0.4, 0.5) is 26.3 Å². The summed E-state index contributed by atoms with van der Waals surface area (Å²) < 4.78 is 83.1. The highest BCUT2D eigenvalue weighted by atomic mass is 19.4. The first-order chi connectivity index (χ1) is 12.0. The average Bonchev–Trinajstić information content (AvgIpc) is 2.85. The maximum Gasteiger partial charge on any atom is 0.573 e. The summed E-state index contributed by atoms with van der Waals surface area (Å²) in [5, 5.41) is 0. The van der Waals surface area contributed by atoms with Crippen molar-refractivity contribution in [2.45, 2.75) is 43.8 Å². The van der Waals surface area contributed by atoms with Crippen LogP contribution in [0.5, 0.6) is 11.5 Å². The zero-order chi connectivity index (χ0) is 19.2. The Labute approximate surface area is 146 Å². The molecule has 1 saturated heterocycles. The van der Waals surface area contributed by atoms with Crippen molar-refractivity contribution in [1.29, 1.82) is 0 Å². The number of ether oxygens (including phenoxy) is 2. The maximum absolute atomic E-state index is 12.7. The first-order valence-corrected chi connectivity index (χ1v) is 8.08. The quantitative estimate of drug-likeness (QED) is 0.678. The lowest BCUT2D eigenvalue weighted by atomic mass is 9.70. The molecule has 0 saturated carbocycles. The third-order valence-corrected chi connectivity index (χ3v) is 4.87. The fraction of sp³-hybridized carbons (Fsp3) is 0.529. The molecule has 0 unspecified atom stereocenters. The van der Waals surface area contributed by atoms with Crippen molar-refractivity contribution in [3.05, 3.63) is 35.5 Å². The van der Waals surface area contributed by atoms with Crippen LogP contribution in [0.15, 0.2) is 30.0 Å². The van der Waals surface area contributed by atoms with Gasteiger partial charge in [-0.15, -0.1) is 26.3 Å². The molecule has 1 aliphatic carbocycles. The van der Waals surface area contributed by atoms with Crippen molar-refractivity contribution in [2.75, 3.05) is 13.6 Å². The first-order valence-electron chi connectivity index (χ1n) is 8.08. The van der Waals surface area contributed by atoms with E-state index < -0.39 is 29.6 Å². The molecule has 26 heavy (non-hydrogen) atoms. The van der Waals surface area contributed by atoms with Crippen LogP contribution in [0.2, 0.25) is 0 Å². The minimum absolute atomic E-state index is 0.501. The zero-order valence-corrected chi connectivity index (χ0v) is 13.9. The van der Waals surface area contributed by atoms with E-state index in [1.807, 2.05) is 18.0 Å². The second-order valence-corrected chi connectivity index (χ2v) is 6.49. The molecule has 0 bridgehead atoms. The van der Waals surface area contributed by atoms with Crippen LogP contribution < -0.4 is 9.47 Å². The van der Waals surface area contributed by atoms with Crippen molar-refractivity contribution in [2.24, 2.45) is 0 Å². The fourth-order valence-electron chi connectivity index (χ4n) is 3.88. The molecular weight excluding hydrogens is 364 g/mol. The normalized spacial score (nSPS) is 23.5. The minimum Gasteiger partial charge on any atom is -0.402 e. The highest BCUT2D eigenvalue weighted by Gasteiger charge is 2.45. The van der Waals surface area contributed by atoms with E-state index in [-0.39, 0.29) is 0 Å². The number of likely N-dealkylation sites (N-methyl/N-ethyl adjacent to an activating group) is 1. The van der Waals surface area contributed by atoms with Crippen LogP contribution >= 0.6 is 0 Å². The number of fused-ring (bicyclic) bond motifs is 1. The second-order valence-electron chi connectivity index (χ2n) is 6.49. The predicted molar refractivity (Wildman–Crippen MR) is 80.7 cm³/mol. The van der Waals surface area contributed by atoms with Gasteiger partial charge in [-0.05, 0) is 43.4 Å². The lowest BCUT2D eigenvalue weighted by Gasteiger charge is -2.36. The Morgan fingerprint density at radius 1 is 0.962 bits per heavy atom. The topological polar surface area (TPSA) is 21.7 Å². The van der Waals surface area contributed by atoms with Gasteiger partial charge in [-0.2, -0.15) is 0 Å². The van der Waals surface area contributed by atoms with E-state index in [0.29, 0.717) is 18.4 Å². The number of nitrogens with zero attached hydrogens (tertiary/aromatic N) is 1. The van der Waals surface area contributed by atoms with E-state index in [9.17, 15) is 26.3 Å². The van der Waals surface area contributed by atoms with Gasteiger partial charge in [-0.25, -0.2) is 0 Å². The van der Waals surface area contributed by atoms with Crippen LogP contribution in [0.25, 0.3) is 0 Å². The van der Waals surface area contributed by atoms with Crippen molar-refractivity contribution in [3.63, 3.8) is 0 Å². The SMILES string of the molecule is CN1CC[C@]2(c3ccc(OC(F)(F)F)c(OC(F)(F)F)c3)CCCC=C12. The molecular formula is C17H17F6NO2. The Balaban J connectivity index is 2.05. The number of benzene rings is 1. The number of hydrogen-bond acceptors (Lipinski definition) is 3. The van der Waals surface area contributed by atoms with Gasteiger partial charge in [-0.3, -0.25) is 0 Å². The molecule has 1 atom stereocenters. The van der Waals surface area contributed by atoms with Crippen molar-refractivity contribution >= 4 is 0 Å². The minimum atomic E-state index is -5.13. The van der Waals surface area contributed by atoms with Gasteiger partial charge in [0.25, 0.3) is 0 Å². The van der Waals surface area contributed by atoms with Crippen LogP contribution in [-0.4, -0.2) is 31.2 Å². The highest BCUT2D eigenvalue weighted by Crippen LogP contribution is 2.50. The van der Waals surface area contributed by atoms with Crippen molar-refractivity contribution in [1.82, 2.24) is 4.90 Å². The molecule has 0 aromatic heterocycles. The molecule has 144 valence electrons. The third kappa shape index (κ3) is 3.71. The van der Waals surface area contributed by atoms with E-state index in [2.05, 4.69) is 9.47 Å². The molecule has 1 fully saturated rings. The summed E-state index contributed by atoms with van der Waals surface area (Å²) in [5.41, 5.74) is 0.987. The van der Waals surface area contributed by atoms with Gasteiger partial charge in [0.15, 0.2) is 11.5 Å². The van der Waals surface area contributed by atoms with Crippen LogP contribution in [-0.2, 0) is 5.41 Å². The standard InChI is InChI=1S/C17H17F6NO2/c1-24-9-8-15(7-3-2-4-14(15)24)11-5-6-12(25-16(18,19)20)13(10-11)26-17(21,22)23/h4-6,10H,2-3,7-9H2,1H3/t15-/m0/s1. The number of halogens is 6. The second kappa shape index (κ2) is 6.28. The van der Waals surface area contributed by atoms with Crippen LogP contribution in [0.3, 0.4) is 0 Å². The molecule has 1 heterocycles. The van der Waals surface area contributed by atoms with Gasteiger partial charge in [0.2, 0.25) is 0 Å².